The molecule has 0 amide bonds. The number of anilines is 1. The second kappa shape index (κ2) is 6.03. The van der Waals surface area contributed by atoms with Crippen LogP contribution in [0.15, 0.2) is 24.8 Å². The number of hydrogen-bond acceptors (Lipinski definition) is 8. The van der Waals surface area contributed by atoms with Gasteiger partial charge < -0.3 is 25.0 Å². The van der Waals surface area contributed by atoms with Gasteiger partial charge in [-0.1, -0.05) is 12.2 Å². The number of rotatable bonds is 3. The molecule has 3 N–H and O–H groups in total. The quantitative estimate of drug-likeness (QED) is 0.642. The molecule has 0 bridgehead atoms. The van der Waals surface area contributed by atoms with Gasteiger partial charge in [0.15, 0.2) is 23.2 Å². The molecule has 4 heterocycles. The maximum Gasteiger partial charge on any atom is 0.168 e. The molecule has 134 valence electrons. The summed E-state index contributed by atoms with van der Waals surface area (Å²) < 4.78 is 7.25. The Kier molecular flexibility index (Phi) is 3.95. The highest BCUT2D eigenvalue weighted by molar-refractivity contribution is 5.83. The summed E-state index contributed by atoms with van der Waals surface area (Å²) >= 11 is 0. The highest BCUT2D eigenvalue weighted by atomic mass is 16.6. The van der Waals surface area contributed by atoms with Crippen LogP contribution in [0.25, 0.3) is 11.2 Å². The number of hydrogen-bond donors (Lipinski definition) is 3. The average Bonchev–Trinajstić information content (AvgIpc) is 3.15. The fourth-order valence-electron chi connectivity index (χ4n) is 3.47. The van der Waals surface area contributed by atoms with E-state index in [1.165, 1.54) is 19.6 Å². The van der Waals surface area contributed by atoms with E-state index in [9.17, 15) is 15.3 Å². The lowest BCUT2D eigenvalue weighted by Crippen LogP contribution is -2.44. The molecule has 0 aromatic carbocycles. The SMILES string of the molecule is C[C@]1(O)C(n2cnc3c(N4CC=CCC4)ncnc32)O[C@H](CO)[C@H]1O. The minimum absolute atomic E-state index is 0.388. The van der Waals surface area contributed by atoms with Crippen LogP contribution < -0.4 is 4.90 Å². The summed E-state index contributed by atoms with van der Waals surface area (Å²) in [6.07, 6.45) is 5.14. The van der Waals surface area contributed by atoms with Crippen LogP contribution in [0.4, 0.5) is 5.82 Å². The molecule has 4 rings (SSSR count). The summed E-state index contributed by atoms with van der Waals surface area (Å²) in [4.78, 5) is 15.2. The molecule has 0 aliphatic carbocycles. The first kappa shape index (κ1) is 16.4. The number of aliphatic hydroxyl groups is 3. The Labute approximate surface area is 144 Å². The second-order valence-corrected chi connectivity index (χ2v) is 6.61. The monoisotopic (exact) mass is 347 g/mol. The number of aromatic nitrogens is 4. The zero-order chi connectivity index (χ0) is 17.6. The van der Waals surface area contributed by atoms with Gasteiger partial charge >= 0.3 is 0 Å². The van der Waals surface area contributed by atoms with E-state index in [0.29, 0.717) is 11.2 Å². The molecule has 1 saturated heterocycles. The number of ether oxygens (including phenoxy) is 1. The zero-order valence-corrected chi connectivity index (χ0v) is 13.9. The van der Waals surface area contributed by atoms with Gasteiger partial charge in [-0.15, -0.1) is 0 Å². The number of fused-ring (bicyclic) bond motifs is 1. The molecular weight excluding hydrogens is 326 g/mol. The van der Waals surface area contributed by atoms with Crippen molar-refractivity contribution in [3.05, 3.63) is 24.8 Å². The van der Waals surface area contributed by atoms with Gasteiger partial charge in [-0.25, -0.2) is 15.0 Å². The summed E-state index contributed by atoms with van der Waals surface area (Å²) in [6, 6.07) is 0. The van der Waals surface area contributed by atoms with E-state index in [4.69, 9.17) is 4.74 Å². The second-order valence-electron chi connectivity index (χ2n) is 6.61. The topological polar surface area (TPSA) is 117 Å². The Bertz CT molecular complexity index is 805. The van der Waals surface area contributed by atoms with E-state index in [1.54, 1.807) is 4.57 Å². The summed E-state index contributed by atoms with van der Waals surface area (Å²) in [7, 11) is 0. The lowest BCUT2D eigenvalue weighted by atomic mass is 9.96. The fraction of sp³-hybridized carbons (Fsp3) is 0.562. The first-order chi connectivity index (χ1) is 12.0. The molecule has 25 heavy (non-hydrogen) atoms. The van der Waals surface area contributed by atoms with E-state index in [0.717, 1.165) is 25.3 Å². The van der Waals surface area contributed by atoms with Crippen molar-refractivity contribution >= 4 is 17.0 Å². The minimum Gasteiger partial charge on any atom is -0.394 e. The summed E-state index contributed by atoms with van der Waals surface area (Å²) in [5.41, 5.74) is -0.463. The molecule has 9 nitrogen and oxygen atoms in total. The Balaban J connectivity index is 1.76. The largest absolute Gasteiger partial charge is 0.394 e. The highest BCUT2D eigenvalue weighted by Crippen LogP contribution is 2.39. The number of aliphatic hydroxyl groups excluding tert-OH is 2. The van der Waals surface area contributed by atoms with Crippen molar-refractivity contribution in [3.8, 4) is 0 Å². The van der Waals surface area contributed by atoms with Crippen LogP contribution in [-0.2, 0) is 4.74 Å². The number of nitrogens with zero attached hydrogens (tertiary/aromatic N) is 5. The van der Waals surface area contributed by atoms with Crippen molar-refractivity contribution in [3.63, 3.8) is 0 Å². The van der Waals surface area contributed by atoms with E-state index in [2.05, 4.69) is 32.0 Å². The van der Waals surface area contributed by atoms with Gasteiger partial charge in [0.05, 0.1) is 12.9 Å². The molecule has 2 aliphatic heterocycles. The third-order valence-corrected chi connectivity index (χ3v) is 4.88. The van der Waals surface area contributed by atoms with Crippen molar-refractivity contribution in [2.75, 3.05) is 24.6 Å². The third kappa shape index (κ3) is 2.51. The molecule has 2 aromatic rings. The highest BCUT2D eigenvalue weighted by Gasteiger charge is 2.53. The predicted molar refractivity (Wildman–Crippen MR) is 88.9 cm³/mol. The molecule has 1 fully saturated rings. The predicted octanol–water partition coefficient (Wildman–Crippen LogP) is -0.406. The van der Waals surface area contributed by atoms with Gasteiger partial charge in [-0.3, -0.25) is 4.57 Å². The normalized spacial score (nSPS) is 32.6. The standard InChI is InChI=1S/C16H21N5O4/c1-16(24)12(23)10(7-22)25-15(16)21-9-19-11-13(17-8-18-14(11)21)20-5-3-2-4-6-20/h2-3,8-10,12,15,22-24H,4-7H2,1H3/t10-,12-,15?,16-/m1/s1. The molecule has 2 aliphatic rings. The number of imidazole rings is 1. The first-order valence-electron chi connectivity index (χ1n) is 8.28. The maximum atomic E-state index is 10.7. The van der Waals surface area contributed by atoms with Gasteiger partial charge in [0.2, 0.25) is 0 Å². The smallest absolute Gasteiger partial charge is 0.168 e. The lowest BCUT2D eigenvalue weighted by molar-refractivity contribution is -0.0950. The molecule has 0 saturated carbocycles. The Hall–Kier alpha value is -2.07. The van der Waals surface area contributed by atoms with Crippen LogP contribution in [0.5, 0.6) is 0 Å². The molecule has 1 unspecified atom stereocenters. The van der Waals surface area contributed by atoms with Gasteiger partial charge in [0, 0.05) is 13.1 Å². The van der Waals surface area contributed by atoms with Crippen molar-refractivity contribution in [2.24, 2.45) is 0 Å². The summed E-state index contributed by atoms with van der Waals surface area (Å²) in [5, 5.41) is 30.2. The van der Waals surface area contributed by atoms with Gasteiger partial charge in [0.25, 0.3) is 0 Å². The maximum absolute atomic E-state index is 10.7. The molecule has 0 radical (unpaired) electrons. The van der Waals surface area contributed by atoms with Crippen molar-refractivity contribution in [2.45, 2.75) is 37.4 Å². The van der Waals surface area contributed by atoms with Crippen LogP contribution in [0, 0.1) is 0 Å². The fourth-order valence-corrected chi connectivity index (χ4v) is 3.47. The minimum atomic E-state index is -1.58. The molecule has 2 aromatic heterocycles. The average molecular weight is 347 g/mol. The van der Waals surface area contributed by atoms with Gasteiger partial charge in [0.1, 0.15) is 24.1 Å². The Morgan fingerprint density at radius 2 is 2.16 bits per heavy atom. The zero-order valence-electron chi connectivity index (χ0n) is 13.9. The molecule has 4 atom stereocenters. The van der Waals surface area contributed by atoms with Crippen LogP contribution >= 0.6 is 0 Å². The Morgan fingerprint density at radius 3 is 2.84 bits per heavy atom. The van der Waals surface area contributed by atoms with Crippen LogP contribution in [0.3, 0.4) is 0 Å². The van der Waals surface area contributed by atoms with Crippen molar-refractivity contribution < 1.29 is 20.1 Å². The van der Waals surface area contributed by atoms with E-state index >= 15 is 0 Å². The van der Waals surface area contributed by atoms with E-state index in [1.807, 2.05) is 0 Å². The van der Waals surface area contributed by atoms with Gasteiger partial charge in [-0.05, 0) is 13.3 Å². The summed E-state index contributed by atoms with van der Waals surface area (Å²) in [5.74, 6) is 0.727. The van der Waals surface area contributed by atoms with Crippen molar-refractivity contribution in [1.29, 1.82) is 0 Å². The van der Waals surface area contributed by atoms with Crippen molar-refractivity contribution in [1.82, 2.24) is 19.5 Å². The molecule has 9 heteroatoms. The molecule has 0 spiro atoms. The van der Waals surface area contributed by atoms with Crippen LogP contribution in [0.2, 0.25) is 0 Å². The first-order valence-corrected chi connectivity index (χ1v) is 8.28. The van der Waals surface area contributed by atoms with Crippen LogP contribution in [-0.4, -0.2) is 72.3 Å². The third-order valence-electron chi connectivity index (χ3n) is 4.88. The lowest BCUT2D eigenvalue weighted by Gasteiger charge is -2.27. The van der Waals surface area contributed by atoms with Crippen LogP contribution in [0.1, 0.15) is 19.6 Å². The summed E-state index contributed by atoms with van der Waals surface area (Å²) in [6.45, 7) is 2.68. The van der Waals surface area contributed by atoms with E-state index < -0.39 is 24.0 Å². The Morgan fingerprint density at radius 1 is 1.32 bits per heavy atom. The molecular formula is C16H21N5O4. The van der Waals surface area contributed by atoms with Gasteiger partial charge in [-0.2, -0.15) is 0 Å². The van der Waals surface area contributed by atoms with E-state index in [-0.39, 0.29) is 6.61 Å².